The number of hydrogen-bond acceptors (Lipinski definition) is 8. The maximum Gasteiger partial charge on any atom is 0.269 e. The van der Waals surface area contributed by atoms with Crippen LogP contribution in [0.25, 0.3) is 11.2 Å². The predicted molar refractivity (Wildman–Crippen MR) is 110 cm³/mol. The van der Waals surface area contributed by atoms with Gasteiger partial charge in [-0.3, -0.25) is 4.57 Å². The third-order valence-corrected chi connectivity index (χ3v) is 4.99. The highest BCUT2D eigenvalue weighted by atomic mass is 31.2. The van der Waals surface area contributed by atoms with Crippen molar-refractivity contribution in [3.63, 3.8) is 0 Å². The highest BCUT2D eigenvalue weighted by Crippen LogP contribution is 2.42. The van der Waals surface area contributed by atoms with Crippen molar-refractivity contribution >= 4 is 30.3 Å². The molecule has 28 heavy (non-hydrogen) atoms. The van der Waals surface area contributed by atoms with Crippen LogP contribution in [0, 0.1) is 0 Å². The Morgan fingerprint density at radius 3 is 2.86 bits per heavy atom. The molecule has 2 heterocycles. The van der Waals surface area contributed by atoms with Crippen molar-refractivity contribution in [2.75, 3.05) is 37.2 Å². The summed E-state index contributed by atoms with van der Waals surface area (Å²) in [4.78, 5) is 12.8. The van der Waals surface area contributed by atoms with Crippen molar-refractivity contribution in [3.8, 4) is 5.75 Å². The molecule has 0 aliphatic carbocycles. The number of imidazole rings is 1. The number of fused-ring (bicyclic) bond motifs is 1. The lowest BCUT2D eigenvalue weighted by atomic mass is 10.3. The first-order chi connectivity index (χ1) is 13.5. The number of hydrogen-bond donors (Lipinski definition) is 2. The van der Waals surface area contributed by atoms with Gasteiger partial charge in [0.05, 0.1) is 12.9 Å². The van der Waals surface area contributed by atoms with E-state index in [2.05, 4.69) is 26.8 Å². The second-order valence-corrected chi connectivity index (χ2v) is 8.63. The number of nitrogens with zero attached hydrogens (tertiary/aromatic N) is 4. The molecule has 3 N–H and O–H groups in total. The van der Waals surface area contributed by atoms with Gasteiger partial charge in [-0.2, -0.15) is 9.97 Å². The van der Waals surface area contributed by atoms with Crippen LogP contribution in [-0.2, 0) is 15.8 Å². The molecule has 0 aliphatic rings. The van der Waals surface area contributed by atoms with E-state index < -0.39 is 7.37 Å². The van der Waals surface area contributed by atoms with E-state index in [9.17, 15) is 4.57 Å². The zero-order valence-corrected chi connectivity index (χ0v) is 16.5. The molecular weight excluding hydrogens is 379 g/mol. The van der Waals surface area contributed by atoms with Crippen LogP contribution >= 0.6 is 7.37 Å². The van der Waals surface area contributed by atoms with Gasteiger partial charge in [-0.1, -0.05) is 24.3 Å². The van der Waals surface area contributed by atoms with Gasteiger partial charge in [-0.15, -0.1) is 6.58 Å². The molecule has 148 valence electrons. The summed E-state index contributed by atoms with van der Waals surface area (Å²) in [5.74, 6) is 1.26. The molecule has 1 aromatic carbocycles. The lowest BCUT2D eigenvalue weighted by molar-refractivity contribution is 0.161. The van der Waals surface area contributed by atoms with Gasteiger partial charge in [0.1, 0.15) is 12.1 Å². The average Bonchev–Trinajstić information content (AvgIpc) is 3.06. The van der Waals surface area contributed by atoms with Crippen molar-refractivity contribution in [1.29, 1.82) is 0 Å². The number of ether oxygens (including phenoxy) is 1. The average molecular weight is 402 g/mol. The summed E-state index contributed by atoms with van der Waals surface area (Å²) in [6.07, 6.45) is 3.38. The molecule has 2 aromatic heterocycles. The van der Waals surface area contributed by atoms with Crippen molar-refractivity contribution < 1.29 is 13.8 Å². The number of anilines is 2. The summed E-state index contributed by atoms with van der Waals surface area (Å²) < 4.78 is 25.5. The minimum atomic E-state index is -2.91. The summed E-state index contributed by atoms with van der Waals surface area (Å²) >= 11 is 0. The largest absolute Gasteiger partial charge is 0.441 e. The van der Waals surface area contributed by atoms with Gasteiger partial charge in [0, 0.05) is 19.8 Å². The zero-order chi connectivity index (χ0) is 20.0. The number of nitrogens with one attached hydrogen (secondary N) is 1. The Morgan fingerprint density at radius 1 is 1.32 bits per heavy atom. The standard InChI is InChI=1S/C18H23N6O3P/c1-3-9-20-16-15-17(23-18(19)22-16)24(12-21-15)10-11-26-13-28(2,25)27-14-7-5-4-6-8-14/h3-8,12H,1,9-11,13H2,2H3,(H3,19,20,22,23). The number of nitrogens with two attached hydrogens (primary N) is 1. The fourth-order valence-electron chi connectivity index (χ4n) is 2.54. The minimum Gasteiger partial charge on any atom is -0.441 e. The van der Waals surface area contributed by atoms with E-state index in [0.29, 0.717) is 42.4 Å². The van der Waals surface area contributed by atoms with E-state index in [0.717, 1.165) is 0 Å². The number of benzene rings is 1. The van der Waals surface area contributed by atoms with Crippen LogP contribution in [-0.4, -0.2) is 45.7 Å². The molecule has 0 saturated heterocycles. The van der Waals surface area contributed by atoms with Crippen LogP contribution in [0.3, 0.4) is 0 Å². The monoisotopic (exact) mass is 402 g/mol. The topological polar surface area (TPSA) is 117 Å². The summed E-state index contributed by atoms with van der Waals surface area (Å²) in [5.41, 5.74) is 7.01. The van der Waals surface area contributed by atoms with E-state index >= 15 is 0 Å². The van der Waals surface area contributed by atoms with Crippen LogP contribution < -0.4 is 15.6 Å². The van der Waals surface area contributed by atoms with Crippen molar-refractivity contribution in [3.05, 3.63) is 49.3 Å². The third kappa shape index (κ3) is 5.09. The van der Waals surface area contributed by atoms with Crippen molar-refractivity contribution in [1.82, 2.24) is 19.5 Å². The van der Waals surface area contributed by atoms with Crippen LogP contribution in [0.4, 0.5) is 11.8 Å². The Labute approximate surface area is 163 Å². The molecule has 0 amide bonds. The highest BCUT2D eigenvalue weighted by Gasteiger charge is 2.18. The van der Waals surface area contributed by atoms with Crippen molar-refractivity contribution in [2.24, 2.45) is 0 Å². The Hall–Kier alpha value is -2.90. The van der Waals surface area contributed by atoms with E-state index in [-0.39, 0.29) is 12.3 Å². The first kappa shape index (κ1) is 19.9. The van der Waals surface area contributed by atoms with Gasteiger partial charge in [0.25, 0.3) is 7.37 Å². The molecule has 1 unspecified atom stereocenters. The van der Waals surface area contributed by atoms with Crippen LogP contribution in [0.1, 0.15) is 0 Å². The first-order valence-electron chi connectivity index (χ1n) is 8.70. The minimum absolute atomic E-state index is 0.0117. The molecule has 0 spiro atoms. The second kappa shape index (κ2) is 8.86. The molecule has 0 bridgehead atoms. The number of nitrogen functional groups attached to an aromatic ring is 1. The maximum absolute atomic E-state index is 12.5. The maximum atomic E-state index is 12.5. The van der Waals surface area contributed by atoms with E-state index in [1.165, 1.54) is 0 Å². The molecule has 0 fully saturated rings. The van der Waals surface area contributed by atoms with Crippen molar-refractivity contribution in [2.45, 2.75) is 6.54 Å². The Morgan fingerprint density at radius 2 is 2.11 bits per heavy atom. The lowest BCUT2D eigenvalue weighted by Gasteiger charge is -2.15. The van der Waals surface area contributed by atoms with Gasteiger partial charge in [-0.25, -0.2) is 4.98 Å². The number of rotatable bonds is 10. The summed E-state index contributed by atoms with van der Waals surface area (Å²) in [6, 6.07) is 9.04. The smallest absolute Gasteiger partial charge is 0.269 e. The lowest BCUT2D eigenvalue weighted by Crippen LogP contribution is -2.10. The highest BCUT2D eigenvalue weighted by molar-refractivity contribution is 7.58. The molecular formula is C18H23N6O3P. The molecule has 0 radical (unpaired) electrons. The van der Waals surface area contributed by atoms with Gasteiger partial charge in [-0.05, 0) is 12.1 Å². The van der Waals surface area contributed by atoms with Crippen LogP contribution in [0.15, 0.2) is 49.3 Å². The Bertz CT molecular complexity index is 992. The van der Waals surface area contributed by atoms with Gasteiger partial charge in [0.15, 0.2) is 17.0 Å². The van der Waals surface area contributed by atoms with E-state index in [1.54, 1.807) is 31.2 Å². The van der Waals surface area contributed by atoms with Crippen LogP contribution in [0.5, 0.6) is 5.75 Å². The Kier molecular flexibility index (Phi) is 6.28. The SMILES string of the molecule is C=CCNc1nc(N)nc2c1ncn2CCOCP(C)(=O)Oc1ccccc1. The summed E-state index contributed by atoms with van der Waals surface area (Å²) in [5, 5.41) is 3.09. The fraction of sp³-hybridized carbons (Fsp3) is 0.278. The summed E-state index contributed by atoms with van der Waals surface area (Å²) in [7, 11) is -2.91. The Balaban J connectivity index is 1.59. The fourth-order valence-corrected chi connectivity index (χ4v) is 3.62. The molecule has 0 aliphatic heterocycles. The van der Waals surface area contributed by atoms with Gasteiger partial charge in [0.2, 0.25) is 5.95 Å². The number of aromatic nitrogens is 4. The molecule has 10 heteroatoms. The molecule has 3 aromatic rings. The van der Waals surface area contributed by atoms with E-state index in [1.807, 2.05) is 22.8 Å². The van der Waals surface area contributed by atoms with Gasteiger partial charge < -0.3 is 24.9 Å². The third-order valence-electron chi connectivity index (χ3n) is 3.74. The predicted octanol–water partition coefficient (Wildman–Crippen LogP) is 2.97. The molecule has 3 rings (SSSR count). The molecule has 1 atom stereocenters. The van der Waals surface area contributed by atoms with Gasteiger partial charge >= 0.3 is 0 Å². The van der Waals surface area contributed by atoms with E-state index in [4.69, 9.17) is 15.0 Å². The zero-order valence-electron chi connectivity index (χ0n) is 15.6. The quantitative estimate of drug-likeness (QED) is 0.302. The summed E-state index contributed by atoms with van der Waals surface area (Å²) in [6.45, 7) is 6.55. The second-order valence-electron chi connectivity index (χ2n) is 6.17. The normalized spacial score (nSPS) is 13.2. The molecule has 9 nitrogen and oxygen atoms in total. The first-order valence-corrected chi connectivity index (χ1v) is 11.0. The number of para-hydroxylation sites is 1. The molecule has 0 saturated carbocycles. The van der Waals surface area contributed by atoms with Crippen LogP contribution in [0.2, 0.25) is 0 Å².